The Hall–Kier alpha value is -3.16. The van der Waals surface area contributed by atoms with Crippen molar-refractivity contribution in [3.05, 3.63) is 77.6 Å². The van der Waals surface area contributed by atoms with Crippen LogP contribution in [-0.4, -0.2) is 10.9 Å². The summed E-state index contributed by atoms with van der Waals surface area (Å²) in [5.74, 6) is 0.104. The number of nitrogens with one attached hydrogen (secondary N) is 1. The minimum absolute atomic E-state index is 0.00480. The van der Waals surface area contributed by atoms with Crippen LogP contribution in [0.25, 0.3) is 11.3 Å². The van der Waals surface area contributed by atoms with Gasteiger partial charge in [0.2, 0.25) is 5.91 Å². The van der Waals surface area contributed by atoms with E-state index in [9.17, 15) is 22.4 Å². The Balaban J connectivity index is 1.50. The Morgan fingerprint density at radius 2 is 1.86 bits per heavy atom. The Kier molecular flexibility index (Phi) is 5.77. The molecule has 1 amide bonds. The van der Waals surface area contributed by atoms with Gasteiger partial charge in [-0.25, -0.2) is 9.37 Å². The number of carbonyl (C=O) groups excluding carboxylic acids is 1. The molecule has 0 fully saturated rings. The molecule has 0 spiro atoms. The highest BCUT2D eigenvalue weighted by Crippen LogP contribution is 2.29. The lowest BCUT2D eigenvalue weighted by Gasteiger charge is -2.09. The maximum absolute atomic E-state index is 12.9. The third kappa shape index (κ3) is 5.18. The quantitative estimate of drug-likeness (QED) is 0.616. The van der Waals surface area contributed by atoms with E-state index in [-0.39, 0.29) is 31.1 Å². The fraction of sp³-hybridized carbons (Fsp3) is 0.200. The third-order valence-corrected chi connectivity index (χ3v) is 3.99. The number of aryl methyl sites for hydroxylation is 1. The molecule has 0 unspecified atom stereocenters. The lowest BCUT2D eigenvalue weighted by molar-refractivity contribution is -0.137. The van der Waals surface area contributed by atoms with Crippen molar-refractivity contribution in [2.24, 2.45) is 0 Å². The highest BCUT2D eigenvalue weighted by Gasteiger charge is 2.30. The first kappa shape index (κ1) is 19.6. The molecule has 0 saturated carbocycles. The second-order valence-corrected chi connectivity index (χ2v) is 6.10. The van der Waals surface area contributed by atoms with Crippen LogP contribution in [0.5, 0.6) is 0 Å². The summed E-state index contributed by atoms with van der Waals surface area (Å²) in [6.07, 6.45) is -2.63. The van der Waals surface area contributed by atoms with Crippen LogP contribution in [0, 0.1) is 5.82 Å². The molecule has 0 bridgehead atoms. The molecule has 3 rings (SSSR count). The van der Waals surface area contributed by atoms with Crippen LogP contribution in [0.2, 0.25) is 0 Å². The largest absolute Gasteiger partial charge is 0.441 e. The summed E-state index contributed by atoms with van der Waals surface area (Å²) in [7, 11) is 0. The van der Waals surface area contributed by atoms with Crippen LogP contribution in [0.1, 0.15) is 23.4 Å². The van der Waals surface area contributed by atoms with Crippen LogP contribution >= 0.6 is 0 Å². The van der Waals surface area contributed by atoms with E-state index in [1.165, 1.54) is 30.5 Å². The summed E-state index contributed by atoms with van der Waals surface area (Å²) in [6.45, 7) is -0.00480. The average molecular weight is 392 g/mol. The van der Waals surface area contributed by atoms with E-state index < -0.39 is 11.7 Å². The Labute approximate surface area is 158 Å². The van der Waals surface area contributed by atoms with Crippen LogP contribution < -0.4 is 5.32 Å². The number of rotatable bonds is 6. The van der Waals surface area contributed by atoms with Gasteiger partial charge in [-0.2, -0.15) is 13.2 Å². The van der Waals surface area contributed by atoms with Gasteiger partial charge >= 0.3 is 6.18 Å². The molecule has 0 radical (unpaired) electrons. The van der Waals surface area contributed by atoms with E-state index in [4.69, 9.17) is 4.42 Å². The molecule has 1 N–H and O–H groups in total. The van der Waals surface area contributed by atoms with Crippen LogP contribution in [0.15, 0.2) is 59.1 Å². The topological polar surface area (TPSA) is 55.1 Å². The van der Waals surface area contributed by atoms with E-state index in [1.807, 2.05) is 0 Å². The zero-order valence-corrected chi connectivity index (χ0v) is 14.6. The molecule has 0 saturated heterocycles. The van der Waals surface area contributed by atoms with Crippen LogP contribution in [0.3, 0.4) is 0 Å². The third-order valence-electron chi connectivity index (χ3n) is 3.99. The van der Waals surface area contributed by atoms with Crippen molar-refractivity contribution in [1.82, 2.24) is 10.3 Å². The molecule has 0 aliphatic rings. The Morgan fingerprint density at radius 1 is 1.11 bits per heavy atom. The van der Waals surface area contributed by atoms with Gasteiger partial charge < -0.3 is 9.73 Å². The second kappa shape index (κ2) is 8.24. The fourth-order valence-corrected chi connectivity index (χ4v) is 2.54. The summed E-state index contributed by atoms with van der Waals surface area (Å²) in [6, 6.07) is 10.5. The molecule has 0 aliphatic carbocycles. The first-order chi connectivity index (χ1) is 13.3. The molecule has 4 nitrogen and oxygen atoms in total. The number of oxazole rings is 1. The zero-order valence-electron chi connectivity index (χ0n) is 14.6. The number of hydrogen-bond acceptors (Lipinski definition) is 3. The van der Waals surface area contributed by atoms with Gasteiger partial charge in [0.05, 0.1) is 11.8 Å². The number of halogens is 4. The number of benzene rings is 2. The number of carbonyl (C=O) groups is 1. The van der Waals surface area contributed by atoms with Gasteiger partial charge in [-0.15, -0.1) is 0 Å². The fourth-order valence-electron chi connectivity index (χ4n) is 2.54. The molecule has 1 aromatic heterocycles. The van der Waals surface area contributed by atoms with E-state index in [0.29, 0.717) is 22.8 Å². The summed E-state index contributed by atoms with van der Waals surface area (Å²) in [5.41, 5.74) is 0.263. The Morgan fingerprint density at radius 3 is 2.57 bits per heavy atom. The highest BCUT2D eigenvalue weighted by atomic mass is 19.4. The first-order valence-electron chi connectivity index (χ1n) is 8.45. The SMILES string of the molecule is O=C(CCc1ncc(-c2ccc(F)cc2)o1)NCc1cccc(C(F)(F)F)c1. The summed E-state index contributed by atoms with van der Waals surface area (Å²) >= 11 is 0. The average Bonchev–Trinajstić information content (AvgIpc) is 3.14. The van der Waals surface area contributed by atoms with Gasteiger partial charge in [0.15, 0.2) is 11.7 Å². The van der Waals surface area contributed by atoms with Gasteiger partial charge in [0.1, 0.15) is 5.82 Å². The van der Waals surface area contributed by atoms with Crippen molar-refractivity contribution in [2.45, 2.75) is 25.6 Å². The number of alkyl halides is 3. The van der Waals surface area contributed by atoms with Crippen molar-refractivity contribution >= 4 is 5.91 Å². The molecule has 0 atom stereocenters. The maximum atomic E-state index is 12.9. The predicted octanol–water partition coefficient (Wildman–Crippen LogP) is 4.75. The van der Waals surface area contributed by atoms with Gasteiger partial charge in [0, 0.05) is 24.9 Å². The number of nitrogens with zero attached hydrogens (tertiary/aromatic N) is 1. The van der Waals surface area contributed by atoms with Gasteiger partial charge in [-0.3, -0.25) is 4.79 Å². The van der Waals surface area contributed by atoms with Gasteiger partial charge in [-0.05, 0) is 42.0 Å². The molecule has 0 aliphatic heterocycles. The zero-order chi connectivity index (χ0) is 20.1. The molecule has 3 aromatic rings. The monoisotopic (exact) mass is 392 g/mol. The normalized spacial score (nSPS) is 11.4. The predicted molar refractivity (Wildman–Crippen MR) is 93.5 cm³/mol. The highest BCUT2D eigenvalue weighted by molar-refractivity contribution is 5.76. The van der Waals surface area contributed by atoms with Gasteiger partial charge in [0.25, 0.3) is 0 Å². The Bertz CT molecular complexity index is 949. The van der Waals surface area contributed by atoms with Crippen molar-refractivity contribution in [3.63, 3.8) is 0 Å². The molecular formula is C20H16F4N2O2. The number of amides is 1. The smallest absolute Gasteiger partial charge is 0.416 e. The van der Waals surface area contributed by atoms with E-state index in [2.05, 4.69) is 10.3 Å². The van der Waals surface area contributed by atoms with Gasteiger partial charge in [-0.1, -0.05) is 12.1 Å². The van der Waals surface area contributed by atoms with Crippen molar-refractivity contribution in [1.29, 1.82) is 0 Å². The minimum Gasteiger partial charge on any atom is -0.441 e. The van der Waals surface area contributed by atoms with Crippen LogP contribution in [-0.2, 0) is 23.9 Å². The first-order valence-corrected chi connectivity index (χ1v) is 8.45. The lowest BCUT2D eigenvalue weighted by Crippen LogP contribution is -2.23. The van der Waals surface area contributed by atoms with E-state index >= 15 is 0 Å². The number of hydrogen-bond donors (Lipinski definition) is 1. The minimum atomic E-state index is -4.42. The second-order valence-electron chi connectivity index (χ2n) is 6.10. The van der Waals surface area contributed by atoms with Crippen LogP contribution in [0.4, 0.5) is 17.6 Å². The molecular weight excluding hydrogens is 376 g/mol. The molecule has 1 heterocycles. The van der Waals surface area contributed by atoms with Crippen molar-refractivity contribution in [2.75, 3.05) is 0 Å². The van der Waals surface area contributed by atoms with Crippen molar-refractivity contribution in [3.8, 4) is 11.3 Å². The van der Waals surface area contributed by atoms with E-state index in [1.54, 1.807) is 12.1 Å². The maximum Gasteiger partial charge on any atom is 0.416 e. The standard InChI is InChI=1S/C20H16F4N2O2/c21-16-6-4-14(5-7-16)17-12-26-19(28-17)9-8-18(27)25-11-13-2-1-3-15(10-13)20(22,23)24/h1-7,10,12H,8-9,11H2,(H,25,27). The summed E-state index contributed by atoms with van der Waals surface area (Å²) in [5, 5.41) is 2.58. The molecule has 28 heavy (non-hydrogen) atoms. The molecule has 8 heteroatoms. The molecule has 2 aromatic carbocycles. The van der Waals surface area contributed by atoms with Crippen molar-refractivity contribution < 1.29 is 26.8 Å². The van der Waals surface area contributed by atoms with E-state index in [0.717, 1.165) is 12.1 Å². The summed E-state index contributed by atoms with van der Waals surface area (Å²) < 4.78 is 56.6. The molecule has 146 valence electrons. The summed E-state index contributed by atoms with van der Waals surface area (Å²) in [4.78, 5) is 16.0. The lowest BCUT2D eigenvalue weighted by atomic mass is 10.1. The number of aromatic nitrogens is 1.